The molecule has 0 bridgehead atoms. The molecule has 2 N–H and O–H groups in total. The zero-order valence-electron chi connectivity index (χ0n) is 11.6. The highest BCUT2D eigenvalue weighted by Crippen LogP contribution is 2.25. The normalized spacial score (nSPS) is 12.2. The Morgan fingerprint density at radius 3 is 2.63 bits per heavy atom. The topological polar surface area (TPSA) is 66.8 Å². The Morgan fingerprint density at radius 1 is 1.32 bits per heavy atom. The van der Waals surface area contributed by atoms with E-state index in [4.69, 9.17) is 4.74 Å². The van der Waals surface area contributed by atoms with Crippen LogP contribution in [-0.2, 0) is 22.4 Å². The van der Waals surface area contributed by atoms with E-state index in [-0.39, 0.29) is 18.8 Å². The van der Waals surface area contributed by atoms with Crippen molar-refractivity contribution in [3.05, 3.63) is 29.3 Å². The van der Waals surface area contributed by atoms with Crippen LogP contribution in [0.15, 0.2) is 18.2 Å². The number of phenolic OH excluding ortho intramolecular Hbond substituents is 1. The molecule has 0 radical (unpaired) electrons. The van der Waals surface area contributed by atoms with Gasteiger partial charge in [-0.3, -0.25) is 0 Å². The Morgan fingerprint density at radius 2 is 2.00 bits per heavy atom. The van der Waals surface area contributed by atoms with E-state index in [1.165, 1.54) is 0 Å². The summed E-state index contributed by atoms with van der Waals surface area (Å²) in [4.78, 5) is 11.4. The summed E-state index contributed by atoms with van der Waals surface area (Å²) in [6.07, 6.45) is 1.69. The highest BCUT2D eigenvalue weighted by atomic mass is 16.5. The molecule has 1 rings (SSSR count). The molecule has 0 spiro atoms. The third kappa shape index (κ3) is 4.56. The highest BCUT2D eigenvalue weighted by Gasteiger charge is 2.19. The van der Waals surface area contributed by atoms with Crippen LogP contribution in [0.25, 0.3) is 0 Å². The molecule has 0 aliphatic heterocycles. The van der Waals surface area contributed by atoms with Crippen LogP contribution in [-0.4, -0.2) is 28.9 Å². The fraction of sp³-hybridized carbons (Fsp3) is 0.533. The first-order valence-electron chi connectivity index (χ1n) is 6.74. The molecule has 1 aromatic carbocycles. The molecule has 0 aromatic heterocycles. The molecule has 0 saturated heterocycles. The fourth-order valence-corrected chi connectivity index (χ4v) is 1.91. The van der Waals surface area contributed by atoms with E-state index < -0.39 is 12.1 Å². The van der Waals surface area contributed by atoms with Crippen LogP contribution in [0.5, 0.6) is 5.75 Å². The highest BCUT2D eigenvalue weighted by molar-refractivity contribution is 5.74. The van der Waals surface area contributed by atoms with Crippen molar-refractivity contribution in [1.29, 1.82) is 0 Å². The monoisotopic (exact) mass is 266 g/mol. The average molecular weight is 266 g/mol. The number of phenols is 1. The van der Waals surface area contributed by atoms with Crippen LogP contribution in [0.2, 0.25) is 0 Å². The van der Waals surface area contributed by atoms with Gasteiger partial charge in [0.25, 0.3) is 0 Å². The van der Waals surface area contributed by atoms with Crippen molar-refractivity contribution in [2.75, 3.05) is 6.61 Å². The van der Waals surface area contributed by atoms with Crippen molar-refractivity contribution < 1.29 is 19.7 Å². The number of aryl methyl sites for hydroxylation is 1. The lowest BCUT2D eigenvalue weighted by Gasteiger charge is -2.13. The van der Waals surface area contributed by atoms with Crippen LogP contribution < -0.4 is 0 Å². The Hall–Kier alpha value is -1.55. The van der Waals surface area contributed by atoms with Crippen LogP contribution in [0, 0.1) is 0 Å². The van der Waals surface area contributed by atoms with Crippen LogP contribution in [0.3, 0.4) is 0 Å². The van der Waals surface area contributed by atoms with Gasteiger partial charge in [-0.25, -0.2) is 4.79 Å². The van der Waals surface area contributed by atoms with Gasteiger partial charge in [-0.15, -0.1) is 0 Å². The lowest BCUT2D eigenvalue weighted by molar-refractivity contribution is -0.152. The lowest BCUT2D eigenvalue weighted by Crippen LogP contribution is -2.25. The standard InChI is InChI=1S/C15H22O4/c1-3-5-7-11-8-6-9-12(14(11)17)10-13(16)15(18)19-4-2/h6,8-9,13,16-17H,3-5,7,10H2,1-2H3. The Kier molecular flexibility index (Phi) is 6.36. The van der Waals surface area contributed by atoms with Gasteiger partial charge in [-0.1, -0.05) is 31.5 Å². The van der Waals surface area contributed by atoms with Gasteiger partial charge in [-0.05, 0) is 30.9 Å². The molecule has 1 unspecified atom stereocenters. The maximum atomic E-state index is 11.4. The first-order valence-corrected chi connectivity index (χ1v) is 6.74. The first-order chi connectivity index (χ1) is 9.10. The zero-order chi connectivity index (χ0) is 14.3. The molecular weight excluding hydrogens is 244 g/mol. The molecule has 0 fully saturated rings. The van der Waals surface area contributed by atoms with Gasteiger partial charge in [0, 0.05) is 6.42 Å². The van der Waals surface area contributed by atoms with Crippen molar-refractivity contribution in [2.24, 2.45) is 0 Å². The molecular formula is C15H22O4. The number of aliphatic hydroxyl groups excluding tert-OH is 1. The molecule has 106 valence electrons. The third-order valence-corrected chi connectivity index (χ3v) is 2.97. The Bertz CT molecular complexity index is 415. The third-order valence-electron chi connectivity index (χ3n) is 2.97. The number of aromatic hydroxyl groups is 1. The number of para-hydroxylation sites is 1. The second-order valence-electron chi connectivity index (χ2n) is 4.50. The van der Waals surface area contributed by atoms with E-state index in [2.05, 4.69) is 6.92 Å². The van der Waals surface area contributed by atoms with E-state index in [1.807, 2.05) is 12.1 Å². The zero-order valence-corrected chi connectivity index (χ0v) is 11.6. The largest absolute Gasteiger partial charge is 0.507 e. The molecule has 0 aliphatic carbocycles. The summed E-state index contributed by atoms with van der Waals surface area (Å²) in [7, 11) is 0. The predicted molar refractivity (Wildman–Crippen MR) is 73.1 cm³/mol. The number of hydrogen-bond acceptors (Lipinski definition) is 4. The number of esters is 1. The lowest BCUT2D eigenvalue weighted by atomic mass is 10.00. The Labute approximate surface area is 114 Å². The van der Waals surface area contributed by atoms with Gasteiger partial charge < -0.3 is 14.9 Å². The van der Waals surface area contributed by atoms with Gasteiger partial charge >= 0.3 is 5.97 Å². The molecule has 1 aromatic rings. The van der Waals surface area contributed by atoms with Crippen LogP contribution in [0.4, 0.5) is 0 Å². The Balaban J connectivity index is 2.75. The number of ether oxygens (including phenoxy) is 1. The van der Waals surface area contributed by atoms with Crippen LogP contribution in [0.1, 0.15) is 37.8 Å². The minimum atomic E-state index is -1.23. The summed E-state index contributed by atoms with van der Waals surface area (Å²) in [6, 6.07) is 5.41. The van der Waals surface area contributed by atoms with Crippen molar-refractivity contribution >= 4 is 5.97 Å². The predicted octanol–water partition coefficient (Wildman–Crippen LogP) is 2.20. The second kappa shape index (κ2) is 7.79. The average Bonchev–Trinajstić information content (AvgIpc) is 2.40. The van der Waals surface area contributed by atoms with E-state index in [0.29, 0.717) is 5.56 Å². The molecule has 0 aliphatic rings. The van der Waals surface area contributed by atoms with E-state index in [0.717, 1.165) is 24.8 Å². The minimum absolute atomic E-state index is 0.0740. The molecule has 4 heteroatoms. The molecule has 1 atom stereocenters. The van der Waals surface area contributed by atoms with Crippen molar-refractivity contribution in [2.45, 2.75) is 45.6 Å². The number of carbonyl (C=O) groups is 1. The summed E-state index contributed by atoms with van der Waals surface area (Å²) < 4.78 is 4.74. The molecule has 4 nitrogen and oxygen atoms in total. The SMILES string of the molecule is CCCCc1cccc(CC(O)C(=O)OCC)c1O. The maximum absolute atomic E-state index is 11.4. The smallest absolute Gasteiger partial charge is 0.335 e. The van der Waals surface area contributed by atoms with Crippen molar-refractivity contribution in [1.82, 2.24) is 0 Å². The summed E-state index contributed by atoms with van der Waals surface area (Å²) in [5, 5.41) is 19.8. The van der Waals surface area contributed by atoms with Crippen LogP contribution >= 0.6 is 0 Å². The van der Waals surface area contributed by atoms with Gasteiger partial charge in [-0.2, -0.15) is 0 Å². The number of carbonyl (C=O) groups excluding carboxylic acids is 1. The van der Waals surface area contributed by atoms with E-state index >= 15 is 0 Å². The number of unbranched alkanes of at least 4 members (excludes halogenated alkanes) is 1. The number of benzene rings is 1. The van der Waals surface area contributed by atoms with Gasteiger partial charge in [0.2, 0.25) is 0 Å². The van der Waals surface area contributed by atoms with Gasteiger partial charge in [0.15, 0.2) is 6.10 Å². The first kappa shape index (κ1) is 15.5. The molecule has 19 heavy (non-hydrogen) atoms. The second-order valence-corrected chi connectivity index (χ2v) is 4.50. The van der Waals surface area contributed by atoms with Gasteiger partial charge in [0.1, 0.15) is 5.75 Å². The molecule has 0 saturated carbocycles. The number of rotatable bonds is 7. The minimum Gasteiger partial charge on any atom is -0.507 e. The molecule has 0 heterocycles. The van der Waals surface area contributed by atoms with Crippen molar-refractivity contribution in [3.8, 4) is 5.75 Å². The fourth-order valence-electron chi connectivity index (χ4n) is 1.91. The molecule has 0 amide bonds. The maximum Gasteiger partial charge on any atom is 0.335 e. The summed E-state index contributed by atoms with van der Waals surface area (Å²) in [5.74, 6) is -0.472. The van der Waals surface area contributed by atoms with Gasteiger partial charge in [0.05, 0.1) is 6.61 Å². The van der Waals surface area contributed by atoms with Crippen molar-refractivity contribution in [3.63, 3.8) is 0 Å². The quantitative estimate of drug-likeness (QED) is 0.742. The van der Waals surface area contributed by atoms with E-state index in [9.17, 15) is 15.0 Å². The summed E-state index contributed by atoms with van der Waals surface area (Å²) in [6.45, 7) is 4.01. The number of aliphatic hydroxyl groups is 1. The summed E-state index contributed by atoms with van der Waals surface area (Å²) in [5.41, 5.74) is 1.43. The number of hydrogen-bond donors (Lipinski definition) is 2. The van der Waals surface area contributed by atoms with E-state index in [1.54, 1.807) is 13.0 Å². The summed E-state index contributed by atoms with van der Waals surface area (Å²) >= 11 is 0.